The molecule has 5 atom stereocenters. The van der Waals surface area contributed by atoms with Gasteiger partial charge in [0, 0.05) is 23.8 Å². The fourth-order valence-electron chi connectivity index (χ4n) is 3.81. The van der Waals surface area contributed by atoms with Crippen molar-refractivity contribution in [3.8, 4) is 0 Å². The maximum absolute atomic E-state index is 12.0. The number of aliphatic hydroxyl groups excluding tert-OH is 1. The van der Waals surface area contributed by atoms with Crippen molar-refractivity contribution in [2.75, 3.05) is 0 Å². The Morgan fingerprint density at radius 2 is 2.00 bits per heavy atom. The molecule has 0 aromatic rings. The first-order valence-electron chi connectivity index (χ1n) is 6.72. The van der Waals surface area contributed by atoms with E-state index in [1.54, 1.807) is 13.0 Å². The molecule has 1 N–H and O–H groups in total. The molecule has 0 unspecified atom stereocenters. The van der Waals surface area contributed by atoms with Gasteiger partial charge in [-0.25, -0.2) is 0 Å². The maximum atomic E-state index is 12.0. The van der Waals surface area contributed by atoms with Crippen molar-refractivity contribution in [3.63, 3.8) is 0 Å². The largest absolute Gasteiger partial charge is 0.461 e. The van der Waals surface area contributed by atoms with Gasteiger partial charge in [-0.2, -0.15) is 0 Å². The average Bonchev–Trinajstić information content (AvgIpc) is 2.72. The van der Waals surface area contributed by atoms with Crippen LogP contribution in [-0.4, -0.2) is 29.1 Å². The number of fused-ring (bicyclic) bond motifs is 2. The van der Waals surface area contributed by atoms with Crippen LogP contribution in [0.4, 0.5) is 0 Å². The highest BCUT2D eigenvalue weighted by Gasteiger charge is 2.52. The molecule has 4 heteroatoms. The van der Waals surface area contributed by atoms with Gasteiger partial charge in [-0.3, -0.25) is 9.59 Å². The van der Waals surface area contributed by atoms with Gasteiger partial charge in [-0.05, 0) is 19.9 Å². The van der Waals surface area contributed by atoms with Crippen molar-refractivity contribution in [1.82, 2.24) is 0 Å². The van der Waals surface area contributed by atoms with Crippen LogP contribution < -0.4 is 0 Å². The van der Waals surface area contributed by atoms with Gasteiger partial charge >= 0.3 is 5.97 Å². The summed E-state index contributed by atoms with van der Waals surface area (Å²) < 4.78 is 5.37. The third-order valence-corrected chi connectivity index (χ3v) is 4.77. The normalized spacial score (nSPS) is 41.7. The zero-order valence-corrected chi connectivity index (χ0v) is 11.3. The summed E-state index contributed by atoms with van der Waals surface area (Å²) in [5.74, 6) is -1.04. The van der Waals surface area contributed by atoms with Gasteiger partial charge in [0.1, 0.15) is 6.10 Å². The molecular formula is C15H18O4. The Kier molecular flexibility index (Phi) is 2.68. The molecule has 2 aliphatic carbocycles. The summed E-state index contributed by atoms with van der Waals surface area (Å²) in [6.45, 7) is 5.57. The summed E-state index contributed by atoms with van der Waals surface area (Å²) >= 11 is 0. The van der Waals surface area contributed by atoms with Crippen molar-refractivity contribution < 1.29 is 19.4 Å². The van der Waals surface area contributed by atoms with Gasteiger partial charge in [0.15, 0.2) is 5.78 Å². The molecule has 0 amide bonds. The third-order valence-electron chi connectivity index (χ3n) is 4.77. The molecule has 0 aromatic carbocycles. The van der Waals surface area contributed by atoms with Crippen molar-refractivity contribution in [3.05, 3.63) is 22.8 Å². The first kappa shape index (κ1) is 12.6. The third kappa shape index (κ3) is 1.62. The molecule has 4 nitrogen and oxygen atoms in total. The summed E-state index contributed by atoms with van der Waals surface area (Å²) in [7, 11) is 0. The van der Waals surface area contributed by atoms with E-state index in [2.05, 4.69) is 0 Å². The van der Waals surface area contributed by atoms with E-state index in [0.717, 1.165) is 11.1 Å². The van der Waals surface area contributed by atoms with Gasteiger partial charge in [-0.1, -0.05) is 18.1 Å². The maximum Gasteiger partial charge on any atom is 0.309 e. The highest BCUT2D eigenvalue weighted by molar-refractivity contribution is 6.08. The molecule has 0 spiro atoms. The number of aliphatic hydroxyl groups is 1. The number of hydrogen-bond acceptors (Lipinski definition) is 4. The molecule has 102 valence electrons. The minimum absolute atomic E-state index is 0.00185. The zero-order chi connectivity index (χ0) is 13.9. The average molecular weight is 262 g/mol. The van der Waals surface area contributed by atoms with Gasteiger partial charge in [0.05, 0.1) is 12.0 Å². The Morgan fingerprint density at radius 1 is 1.32 bits per heavy atom. The molecule has 1 saturated heterocycles. The van der Waals surface area contributed by atoms with Gasteiger partial charge in [0.2, 0.25) is 0 Å². The molecule has 1 aliphatic heterocycles. The topological polar surface area (TPSA) is 63.6 Å². The zero-order valence-electron chi connectivity index (χ0n) is 11.3. The van der Waals surface area contributed by atoms with E-state index in [-0.39, 0.29) is 35.6 Å². The number of esters is 1. The Hall–Kier alpha value is -1.42. The van der Waals surface area contributed by atoms with E-state index in [4.69, 9.17) is 4.74 Å². The predicted molar refractivity (Wildman–Crippen MR) is 68.1 cm³/mol. The van der Waals surface area contributed by atoms with Gasteiger partial charge in [0.25, 0.3) is 0 Å². The highest BCUT2D eigenvalue weighted by Crippen LogP contribution is 2.46. The van der Waals surface area contributed by atoms with Crippen molar-refractivity contribution in [1.29, 1.82) is 0 Å². The Morgan fingerprint density at radius 3 is 2.68 bits per heavy atom. The summed E-state index contributed by atoms with van der Waals surface area (Å²) in [5.41, 5.74) is 2.54. The number of ether oxygens (including phenoxy) is 1. The molecule has 0 bridgehead atoms. The van der Waals surface area contributed by atoms with E-state index in [1.807, 2.05) is 13.8 Å². The predicted octanol–water partition coefficient (Wildman–Crippen LogP) is 1.39. The highest BCUT2D eigenvalue weighted by atomic mass is 16.6. The fourth-order valence-corrected chi connectivity index (χ4v) is 3.81. The van der Waals surface area contributed by atoms with Gasteiger partial charge < -0.3 is 9.84 Å². The number of hydrogen-bond donors (Lipinski definition) is 1. The van der Waals surface area contributed by atoms with Crippen molar-refractivity contribution >= 4 is 11.8 Å². The van der Waals surface area contributed by atoms with Crippen LogP contribution in [0.15, 0.2) is 22.8 Å². The van der Waals surface area contributed by atoms with Crippen LogP contribution in [-0.2, 0) is 14.3 Å². The Balaban J connectivity index is 2.08. The minimum atomic E-state index is -0.721. The van der Waals surface area contributed by atoms with Crippen molar-refractivity contribution in [2.45, 2.75) is 39.4 Å². The van der Waals surface area contributed by atoms with E-state index in [0.29, 0.717) is 12.0 Å². The lowest BCUT2D eigenvalue weighted by atomic mass is 9.79. The summed E-state index contributed by atoms with van der Waals surface area (Å²) in [5, 5.41) is 10.7. The molecule has 3 aliphatic rings. The van der Waals surface area contributed by atoms with E-state index < -0.39 is 6.10 Å². The molecule has 1 fully saturated rings. The lowest BCUT2D eigenvalue weighted by molar-refractivity contribution is -0.143. The molecule has 0 aromatic heterocycles. The van der Waals surface area contributed by atoms with E-state index in [1.165, 1.54) is 0 Å². The Bertz CT molecular complexity index is 528. The standard InChI is InChI=1S/C15H18O4/c1-6-4-9(16)11-7(2)5-10-13(14(17)12(6)11)8(3)15(18)19-10/h4,8,10,12-14,17H,5H2,1-3H3/t8-,10-,12+,13-,14-/m1/s1. The Labute approximate surface area is 112 Å². The van der Waals surface area contributed by atoms with Crippen LogP contribution in [0.2, 0.25) is 0 Å². The summed E-state index contributed by atoms with van der Waals surface area (Å²) in [4.78, 5) is 23.8. The van der Waals surface area contributed by atoms with Crippen LogP contribution >= 0.6 is 0 Å². The second-order valence-electron chi connectivity index (χ2n) is 5.96. The van der Waals surface area contributed by atoms with E-state index >= 15 is 0 Å². The SMILES string of the molecule is CC1=CC(=O)C2=C(C)C[C@H]3OC(=O)[C@H](C)[C@H]3[C@H](O)[C@@H]12. The second-order valence-corrected chi connectivity index (χ2v) is 5.96. The number of allylic oxidation sites excluding steroid dienone is 1. The van der Waals surface area contributed by atoms with Gasteiger partial charge in [-0.15, -0.1) is 0 Å². The lowest BCUT2D eigenvalue weighted by Gasteiger charge is -2.27. The van der Waals surface area contributed by atoms with Crippen LogP contribution in [0.25, 0.3) is 0 Å². The second kappa shape index (κ2) is 4.04. The number of carbonyl (C=O) groups is 2. The monoisotopic (exact) mass is 262 g/mol. The molecule has 3 rings (SSSR count). The van der Waals surface area contributed by atoms with Crippen molar-refractivity contribution in [2.24, 2.45) is 17.8 Å². The summed E-state index contributed by atoms with van der Waals surface area (Å²) in [6.07, 6.45) is 1.14. The van der Waals surface area contributed by atoms with Crippen LogP contribution in [0, 0.1) is 17.8 Å². The number of carbonyl (C=O) groups excluding carboxylic acids is 2. The lowest BCUT2D eigenvalue weighted by Crippen LogP contribution is -2.36. The number of rotatable bonds is 0. The molecule has 0 saturated carbocycles. The first-order valence-corrected chi connectivity index (χ1v) is 6.72. The summed E-state index contributed by atoms with van der Waals surface area (Å²) in [6, 6.07) is 0. The van der Waals surface area contributed by atoms with Crippen LogP contribution in [0.5, 0.6) is 0 Å². The molecule has 1 heterocycles. The minimum Gasteiger partial charge on any atom is -0.461 e. The van der Waals surface area contributed by atoms with Crippen LogP contribution in [0.3, 0.4) is 0 Å². The molecule has 19 heavy (non-hydrogen) atoms. The molecule has 0 radical (unpaired) electrons. The smallest absolute Gasteiger partial charge is 0.309 e. The fraction of sp³-hybridized carbons (Fsp3) is 0.600. The van der Waals surface area contributed by atoms with Crippen LogP contribution in [0.1, 0.15) is 27.2 Å². The molecular weight excluding hydrogens is 244 g/mol. The first-order chi connectivity index (χ1) is 8.91. The number of ketones is 1. The van der Waals surface area contributed by atoms with E-state index in [9.17, 15) is 14.7 Å². The quantitative estimate of drug-likeness (QED) is 0.670.